The van der Waals surface area contributed by atoms with E-state index in [1.807, 2.05) is 24.9 Å². The monoisotopic (exact) mass is 286 g/mol. The molecule has 2 aliphatic heterocycles. The highest BCUT2D eigenvalue weighted by molar-refractivity contribution is 5.92. The first-order valence-electron chi connectivity index (χ1n) is 7.84. The van der Waals surface area contributed by atoms with Gasteiger partial charge in [0.2, 0.25) is 0 Å². The summed E-state index contributed by atoms with van der Waals surface area (Å²) >= 11 is 0. The van der Waals surface area contributed by atoms with Crippen molar-refractivity contribution >= 4 is 12.2 Å². The van der Waals surface area contributed by atoms with Crippen LogP contribution in [0, 0.1) is 5.92 Å². The molecule has 2 aliphatic rings. The molecule has 1 aromatic rings. The number of rotatable bonds is 3. The van der Waals surface area contributed by atoms with Gasteiger partial charge in [-0.1, -0.05) is 6.92 Å². The van der Waals surface area contributed by atoms with E-state index in [2.05, 4.69) is 38.3 Å². The Labute approximate surface area is 126 Å². The molecule has 3 rings (SSSR count). The summed E-state index contributed by atoms with van der Waals surface area (Å²) in [4.78, 5) is 6.52. The summed E-state index contributed by atoms with van der Waals surface area (Å²) in [6, 6.07) is 0. The van der Waals surface area contributed by atoms with Crippen molar-refractivity contribution in [3.63, 3.8) is 0 Å². The summed E-state index contributed by atoms with van der Waals surface area (Å²) in [5.41, 5.74) is 2.53. The second kappa shape index (κ2) is 6.19. The average Bonchev–Trinajstić information content (AvgIpc) is 3.01. The molecular weight excluding hydrogens is 262 g/mol. The molecule has 0 aromatic carbocycles. The summed E-state index contributed by atoms with van der Waals surface area (Å²) in [6.07, 6.45) is 11.3. The van der Waals surface area contributed by atoms with Gasteiger partial charge in [-0.25, -0.2) is 15.0 Å². The lowest BCUT2D eigenvalue weighted by Gasteiger charge is -2.29. The van der Waals surface area contributed by atoms with E-state index in [1.54, 1.807) is 0 Å². The number of nitrogens with one attached hydrogen (secondary N) is 1. The highest BCUT2D eigenvalue weighted by Crippen LogP contribution is 2.18. The van der Waals surface area contributed by atoms with Crippen LogP contribution in [-0.2, 0) is 6.54 Å². The Bertz CT molecular complexity index is 578. The molecule has 0 saturated carbocycles. The molecule has 0 bridgehead atoms. The van der Waals surface area contributed by atoms with Gasteiger partial charge in [0.1, 0.15) is 0 Å². The van der Waals surface area contributed by atoms with Crippen LogP contribution in [0.2, 0.25) is 0 Å². The second-order valence-corrected chi connectivity index (χ2v) is 5.94. The Morgan fingerprint density at radius 3 is 3.14 bits per heavy atom. The first kappa shape index (κ1) is 14.0. The summed E-state index contributed by atoms with van der Waals surface area (Å²) in [5, 5.41) is 3.51. The minimum Gasteiger partial charge on any atom is -0.337 e. The first-order valence-corrected chi connectivity index (χ1v) is 7.84. The molecule has 1 unspecified atom stereocenters. The summed E-state index contributed by atoms with van der Waals surface area (Å²) in [5.74, 6) is 1.68. The number of likely N-dealkylation sites (tertiary alicyclic amines) is 1. The zero-order valence-electron chi connectivity index (χ0n) is 12.9. The fourth-order valence-electron chi connectivity index (χ4n) is 3.13. The number of aromatic nitrogens is 2. The van der Waals surface area contributed by atoms with E-state index >= 15 is 0 Å². The van der Waals surface area contributed by atoms with E-state index < -0.39 is 0 Å². The predicted octanol–water partition coefficient (Wildman–Crippen LogP) is 1.38. The van der Waals surface area contributed by atoms with E-state index in [1.165, 1.54) is 24.1 Å². The SMILES string of the molecule is CCC1=C(C)C=[N+]=C(N2CCCC(Cn3ccnc3)C2)N1. The fourth-order valence-corrected chi connectivity index (χ4v) is 3.13. The van der Waals surface area contributed by atoms with Crippen molar-refractivity contribution < 1.29 is 0 Å². The van der Waals surface area contributed by atoms with E-state index in [0.29, 0.717) is 5.92 Å². The van der Waals surface area contributed by atoms with Crippen molar-refractivity contribution in [3.05, 3.63) is 30.0 Å². The van der Waals surface area contributed by atoms with E-state index in [-0.39, 0.29) is 0 Å². The number of allylic oxidation sites excluding steroid dienone is 2. The number of nitrogens with zero attached hydrogens (tertiary/aromatic N) is 4. The van der Waals surface area contributed by atoms with Crippen LogP contribution >= 0.6 is 0 Å². The molecule has 1 atom stereocenters. The molecule has 21 heavy (non-hydrogen) atoms. The average molecular weight is 286 g/mol. The van der Waals surface area contributed by atoms with Crippen LogP contribution < -0.4 is 9.98 Å². The quantitative estimate of drug-likeness (QED) is 0.854. The molecule has 0 radical (unpaired) electrons. The number of hydrogen-bond donors (Lipinski definition) is 1. The second-order valence-electron chi connectivity index (χ2n) is 5.94. The Hall–Kier alpha value is -2.00. The van der Waals surface area contributed by atoms with Crippen LogP contribution in [0.3, 0.4) is 0 Å². The van der Waals surface area contributed by atoms with Crippen molar-refractivity contribution in [3.8, 4) is 0 Å². The summed E-state index contributed by atoms with van der Waals surface area (Å²) in [7, 11) is 0. The van der Waals surface area contributed by atoms with Crippen molar-refractivity contribution in [2.24, 2.45) is 5.92 Å². The van der Waals surface area contributed by atoms with Crippen molar-refractivity contribution in [1.29, 1.82) is 0 Å². The van der Waals surface area contributed by atoms with Gasteiger partial charge in [0.15, 0.2) is 6.21 Å². The Morgan fingerprint density at radius 1 is 1.48 bits per heavy atom. The molecule has 3 heterocycles. The number of hydrogen-bond acceptors (Lipinski definition) is 3. The largest absolute Gasteiger partial charge is 0.445 e. The Morgan fingerprint density at radius 2 is 2.38 bits per heavy atom. The van der Waals surface area contributed by atoms with Crippen LogP contribution in [0.25, 0.3) is 0 Å². The lowest BCUT2D eigenvalue weighted by molar-refractivity contribution is 0.232. The van der Waals surface area contributed by atoms with Gasteiger partial charge >= 0.3 is 5.96 Å². The summed E-state index contributed by atoms with van der Waals surface area (Å²) in [6.45, 7) is 7.50. The molecule has 5 nitrogen and oxygen atoms in total. The lowest BCUT2D eigenvalue weighted by Crippen LogP contribution is -2.49. The standard InChI is InChI=1S/C16H23N5/c1-3-15-13(2)9-18-16(19-15)21-7-4-5-14(11-21)10-20-8-6-17-12-20/h6,8-9,12,14H,3-5,7,10-11H2,1-2H3/p+1. The van der Waals surface area contributed by atoms with Crippen molar-refractivity contribution in [2.45, 2.75) is 39.7 Å². The van der Waals surface area contributed by atoms with E-state index in [9.17, 15) is 0 Å². The fraction of sp³-hybridized carbons (Fsp3) is 0.562. The molecule has 0 aliphatic carbocycles. The molecule has 5 heteroatoms. The molecule has 1 aromatic heterocycles. The van der Waals surface area contributed by atoms with Gasteiger partial charge < -0.3 is 4.57 Å². The maximum atomic E-state index is 4.59. The Balaban J connectivity index is 1.66. The van der Waals surface area contributed by atoms with Gasteiger partial charge in [0.05, 0.1) is 25.1 Å². The van der Waals surface area contributed by atoms with Crippen LogP contribution in [0.4, 0.5) is 0 Å². The molecule has 1 fully saturated rings. The normalized spacial score (nSPS) is 22.3. The van der Waals surface area contributed by atoms with E-state index in [0.717, 1.165) is 32.0 Å². The van der Waals surface area contributed by atoms with Crippen molar-refractivity contribution in [1.82, 2.24) is 24.4 Å². The van der Waals surface area contributed by atoms with Gasteiger partial charge in [0, 0.05) is 30.4 Å². The molecule has 0 amide bonds. The third-order valence-corrected chi connectivity index (χ3v) is 4.32. The van der Waals surface area contributed by atoms with Crippen LogP contribution in [-0.4, -0.2) is 39.7 Å². The van der Waals surface area contributed by atoms with Gasteiger partial charge in [-0.15, -0.1) is 0 Å². The molecule has 112 valence electrons. The first-order chi connectivity index (χ1) is 10.3. The maximum Gasteiger partial charge on any atom is 0.445 e. The summed E-state index contributed by atoms with van der Waals surface area (Å²) < 4.78 is 6.77. The lowest BCUT2D eigenvalue weighted by atomic mass is 9.98. The third-order valence-electron chi connectivity index (χ3n) is 4.32. The topological polar surface area (TPSA) is 47.2 Å². The minimum atomic E-state index is 0.662. The van der Waals surface area contributed by atoms with Crippen LogP contribution in [0.15, 0.2) is 30.0 Å². The molecule has 0 spiro atoms. The molecular formula is C16H24N5+. The zero-order valence-corrected chi connectivity index (χ0v) is 12.9. The molecule has 1 saturated heterocycles. The number of imidazole rings is 1. The van der Waals surface area contributed by atoms with E-state index in [4.69, 9.17) is 0 Å². The van der Waals surface area contributed by atoms with Gasteiger partial charge in [0.25, 0.3) is 0 Å². The molecule has 1 N–H and O–H groups in total. The smallest absolute Gasteiger partial charge is 0.337 e. The van der Waals surface area contributed by atoms with Gasteiger partial charge in [-0.05, 0) is 26.2 Å². The van der Waals surface area contributed by atoms with Gasteiger partial charge in [-0.3, -0.25) is 4.90 Å². The maximum absolute atomic E-state index is 4.59. The number of guanidine groups is 1. The third kappa shape index (κ3) is 3.19. The van der Waals surface area contributed by atoms with Crippen LogP contribution in [0.5, 0.6) is 0 Å². The van der Waals surface area contributed by atoms with Crippen molar-refractivity contribution in [2.75, 3.05) is 13.1 Å². The predicted molar refractivity (Wildman–Crippen MR) is 85.9 cm³/mol. The number of piperidine rings is 1. The zero-order chi connectivity index (χ0) is 14.7. The van der Waals surface area contributed by atoms with Crippen LogP contribution in [0.1, 0.15) is 33.1 Å². The van der Waals surface area contributed by atoms with Gasteiger partial charge in [-0.2, -0.15) is 0 Å². The highest BCUT2D eigenvalue weighted by Gasteiger charge is 2.30. The Kier molecular flexibility index (Phi) is 4.11. The highest BCUT2D eigenvalue weighted by atomic mass is 15.3. The minimum absolute atomic E-state index is 0.662.